The van der Waals surface area contributed by atoms with Gasteiger partial charge in [-0.2, -0.15) is 0 Å². The van der Waals surface area contributed by atoms with E-state index in [1.165, 1.54) is 0 Å². The number of hydrogen-bond donors (Lipinski definition) is 2. The Morgan fingerprint density at radius 2 is 2.00 bits per heavy atom. The number of likely N-dealkylation sites (tertiary alicyclic amines) is 1. The van der Waals surface area contributed by atoms with Crippen molar-refractivity contribution in [1.29, 1.82) is 0 Å². The molecule has 0 unspecified atom stereocenters. The summed E-state index contributed by atoms with van der Waals surface area (Å²) in [6.07, 6.45) is 0.455. The number of rotatable bonds is 3. The summed E-state index contributed by atoms with van der Waals surface area (Å²) in [6.45, 7) is 1.60. The van der Waals surface area contributed by atoms with Gasteiger partial charge in [-0.25, -0.2) is 0 Å². The quantitative estimate of drug-likeness (QED) is 0.893. The molecule has 0 aliphatic carbocycles. The molecule has 0 saturated carbocycles. The molecule has 3 N–H and O–H groups in total. The molecule has 1 atom stereocenters. The third kappa shape index (κ3) is 2.95. The van der Waals surface area contributed by atoms with Crippen LogP contribution in [0.2, 0.25) is 10.0 Å². The van der Waals surface area contributed by atoms with Crippen molar-refractivity contribution in [3.8, 4) is 0 Å². The summed E-state index contributed by atoms with van der Waals surface area (Å²) in [7, 11) is 0. The summed E-state index contributed by atoms with van der Waals surface area (Å²) < 4.78 is 0. The summed E-state index contributed by atoms with van der Waals surface area (Å²) in [4.78, 5) is 13.0. The Bertz CT molecular complexity index is 461. The summed E-state index contributed by atoms with van der Waals surface area (Å²) in [5.41, 5.74) is 5.64. The van der Waals surface area contributed by atoms with Gasteiger partial charge < -0.3 is 10.8 Å². The highest BCUT2D eigenvalue weighted by atomic mass is 35.5. The maximum Gasteiger partial charge on any atom is 0.325 e. The molecule has 98 valence electrons. The summed E-state index contributed by atoms with van der Waals surface area (Å²) in [5, 5.41) is 10.2. The first-order valence-corrected chi connectivity index (χ1v) is 6.34. The number of nitrogens with two attached hydrogens (primary N) is 1. The predicted molar refractivity (Wildman–Crippen MR) is 70.9 cm³/mol. The minimum absolute atomic E-state index is 0.340. The van der Waals surface area contributed by atoms with Gasteiger partial charge in [-0.3, -0.25) is 9.69 Å². The monoisotopic (exact) mass is 288 g/mol. The lowest BCUT2D eigenvalue weighted by molar-refractivity contribution is -0.142. The highest BCUT2D eigenvalue weighted by Crippen LogP contribution is 2.24. The van der Waals surface area contributed by atoms with Gasteiger partial charge in [0.25, 0.3) is 0 Å². The van der Waals surface area contributed by atoms with Crippen LogP contribution in [0, 0.1) is 0 Å². The number of benzene rings is 1. The number of halogens is 2. The second-order valence-electron chi connectivity index (χ2n) is 4.70. The molecule has 1 aliphatic rings. The smallest absolute Gasteiger partial charge is 0.325 e. The molecular weight excluding hydrogens is 275 g/mol. The standard InChI is InChI=1S/C12H14Cl2N2O2/c13-9-3-8(4-10(14)5-9)6-16-2-1-12(15,7-16)11(17)18/h3-5H,1-2,6-7,15H2,(H,17,18)/t12-/m1/s1. The van der Waals surface area contributed by atoms with Gasteiger partial charge in [-0.15, -0.1) is 0 Å². The van der Waals surface area contributed by atoms with Crippen molar-refractivity contribution in [3.63, 3.8) is 0 Å². The third-order valence-corrected chi connectivity index (χ3v) is 3.57. The molecule has 18 heavy (non-hydrogen) atoms. The van der Waals surface area contributed by atoms with Crippen LogP contribution in [0.25, 0.3) is 0 Å². The second-order valence-corrected chi connectivity index (χ2v) is 5.57. The van der Waals surface area contributed by atoms with Gasteiger partial charge in [0, 0.05) is 29.7 Å². The van der Waals surface area contributed by atoms with Crippen LogP contribution >= 0.6 is 23.2 Å². The lowest BCUT2D eigenvalue weighted by Crippen LogP contribution is -2.50. The first kappa shape index (κ1) is 13.6. The third-order valence-electron chi connectivity index (χ3n) is 3.13. The molecule has 0 amide bonds. The van der Waals surface area contributed by atoms with Crippen LogP contribution in [0.15, 0.2) is 18.2 Å². The van der Waals surface area contributed by atoms with E-state index in [1.54, 1.807) is 6.07 Å². The zero-order valence-electron chi connectivity index (χ0n) is 9.70. The summed E-state index contributed by atoms with van der Waals surface area (Å²) in [5.74, 6) is -0.950. The fourth-order valence-corrected chi connectivity index (χ4v) is 2.76. The molecule has 1 fully saturated rings. The minimum atomic E-state index is -1.14. The van der Waals surface area contributed by atoms with Crippen LogP contribution in [0.5, 0.6) is 0 Å². The largest absolute Gasteiger partial charge is 0.480 e. The fourth-order valence-electron chi connectivity index (χ4n) is 2.18. The minimum Gasteiger partial charge on any atom is -0.480 e. The number of carboxylic acids is 1. The molecule has 0 radical (unpaired) electrons. The molecule has 2 rings (SSSR count). The number of carbonyl (C=O) groups is 1. The average molecular weight is 289 g/mol. The molecule has 0 spiro atoms. The molecule has 0 aromatic heterocycles. The molecule has 1 saturated heterocycles. The van der Waals surface area contributed by atoms with E-state index in [2.05, 4.69) is 0 Å². The van der Waals surface area contributed by atoms with Gasteiger partial charge in [0.2, 0.25) is 0 Å². The summed E-state index contributed by atoms with van der Waals surface area (Å²) >= 11 is 11.8. The van der Waals surface area contributed by atoms with Crippen molar-refractivity contribution in [1.82, 2.24) is 4.90 Å². The van der Waals surface area contributed by atoms with E-state index >= 15 is 0 Å². The van der Waals surface area contributed by atoms with Crippen molar-refractivity contribution >= 4 is 29.2 Å². The Morgan fingerprint density at radius 3 is 2.50 bits per heavy atom. The molecule has 0 bridgehead atoms. The van der Waals surface area contributed by atoms with Gasteiger partial charge in [0.1, 0.15) is 5.54 Å². The van der Waals surface area contributed by atoms with Crippen molar-refractivity contribution in [2.45, 2.75) is 18.5 Å². The molecule has 1 aromatic rings. The first-order chi connectivity index (χ1) is 8.39. The Balaban J connectivity index is 2.06. The van der Waals surface area contributed by atoms with E-state index in [0.29, 0.717) is 36.1 Å². The van der Waals surface area contributed by atoms with E-state index in [9.17, 15) is 4.79 Å². The Kier molecular flexibility index (Phi) is 3.82. The average Bonchev–Trinajstić information content (AvgIpc) is 2.60. The zero-order chi connectivity index (χ0) is 13.3. The van der Waals surface area contributed by atoms with Crippen LogP contribution in [0.3, 0.4) is 0 Å². The van der Waals surface area contributed by atoms with Gasteiger partial charge in [-0.1, -0.05) is 23.2 Å². The van der Waals surface area contributed by atoms with Crippen LogP contribution in [0.4, 0.5) is 0 Å². The SMILES string of the molecule is N[C@]1(C(=O)O)CCN(Cc2cc(Cl)cc(Cl)c2)C1. The first-order valence-electron chi connectivity index (χ1n) is 5.59. The Hall–Kier alpha value is -0.810. The molecule has 1 aliphatic heterocycles. The lowest BCUT2D eigenvalue weighted by Gasteiger charge is -2.20. The number of nitrogens with zero attached hydrogens (tertiary/aromatic N) is 1. The maximum atomic E-state index is 11.0. The van der Waals surface area contributed by atoms with Gasteiger partial charge in [-0.05, 0) is 30.2 Å². The lowest BCUT2D eigenvalue weighted by atomic mass is 10.0. The highest BCUT2D eigenvalue weighted by Gasteiger charge is 2.41. The molecular formula is C12H14Cl2N2O2. The van der Waals surface area contributed by atoms with Crippen molar-refractivity contribution in [2.75, 3.05) is 13.1 Å². The topological polar surface area (TPSA) is 66.6 Å². The summed E-state index contributed by atoms with van der Waals surface area (Å²) in [6, 6.07) is 5.32. The Morgan fingerprint density at radius 1 is 1.39 bits per heavy atom. The van der Waals surface area contributed by atoms with Gasteiger partial charge in [0.15, 0.2) is 0 Å². The highest BCUT2D eigenvalue weighted by molar-refractivity contribution is 6.34. The predicted octanol–water partition coefficient (Wildman–Crippen LogP) is 1.98. The van der Waals surface area contributed by atoms with Crippen molar-refractivity contribution < 1.29 is 9.90 Å². The zero-order valence-corrected chi connectivity index (χ0v) is 11.2. The van der Waals surface area contributed by atoms with Crippen molar-refractivity contribution in [2.24, 2.45) is 5.73 Å². The van der Waals surface area contributed by atoms with Crippen LogP contribution in [-0.2, 0) is 11.3 Å². The maximum absolute atomic E-state index is 11.0. The van der Waals surface area contributed by atoms with E-state index in [1.807, 2.05) is 17.0 Å². The van der Waals surface area contributed by atoms with E-state index < -0.39 is 11.5 Å². The Labute approximate surface area is 115 Å². The van der Waals surface area contributed by atoms with E-state index in [-0.39, 0.29) is 0 Å². The van der Waals surface area contributed by atoms with E-state index in [4.69, 9.17) is 34.0 Å². The number of hydrogen-bond acceptors (Lipinski definition) is 3. The molecule has 1 aromatic carbocycles. The van der Waals surface area contributed by atoms with Crippen LogP contribution in [-0.4, -0.2) is 34.6 Å². The second kappa shape index (κ2) is 5.05. The number of carboxylic acid groups (broad SMARTS) is 1. The van der Waals surface area contributed by atoms with Crippen molar-refractivity contribution in [3.05, 3.63) is 33.8 Å². The normalized spacial score (nSPS) is 24.4. The fraction of sp³-hybridized carbons (Fsp3) is 0.417. The molecule has 6 heteroatoms. The van der Waals surface area contributed by atoms with E-state index in [0.717, 1.165) is 5.56 Å². The van der Waals surface area contributed by atoms with Crippen LogP contribution in [0.1, 0.15) is 12.0 Å². The van der Waals surface area contributed by atoms with Crippen LogP contribution < -0.4 is 5.73 Å². The number of aliphatic carboxylic acids is 1. The van der Waals surface area contributed by atoms with Gasteiger partial charge in [0.05, 0.1) is 0 Å². The molecule has 1 heterocycles. The molecule has 4 nitrogen and oxygen atoms in total. The van der Waals surface area contributed by atoms with Gasteiger partial charge >= 0.3 is 5.97 Å².